The van der Waals surface area contributed by atoms with Crippen LogP contribution >= 0.6 is 0 Å². The molecule has 1 amide bonds. The average molecular weight is 409 g/mol. The number of benzene rings is 2. The fraction of sp³-hybridized carbons (Fsp3) is 0.200. The summed E-state index contributed by atoms with van der Waals surface area (Å²) < 4.78 is 53.2. The number of carbonyl (C=O) groups is 2. The number of rotatable bonds is 7. The van der Waals surface area contributed by atoms with Gasteiger partial charge in [0, 0.05) is 17.3 Å². The molecule has 0 heterocycles. The van der Waals surface area contributed by atoms with Crippen molar-refractivity contribution in [1.29, 1.82) is 0 Å². The van der Waals surface area contributed by atoms with Crippen LogP contribution in [0.5, 0.6) is 11.5 Å². The third kappa shape index (κ3) is 6.27. The Hall–Kier alpha value is -3.49. The van der Waals surface area contributed by atoms with Gasteiger partial charge in [0.15, 0.2) is 18.1 Å². The van der Waals surface area contributed by atoms with Crippen LogP contribution in [0.4, 0.5) is 18.9 Å². The fourth-order valence-electron chi connectivity index (χ4n) is 2.36. The molecule has 2 rings (SSSR count). The Morgan fingerprint density at radius 1 is 1.07 bits per heavy atom. The second-order valence-corrected chi connectivity index (χ2v) is 5.65. The summed E-state index contributed by atoms with van der Waals surface area (Å²) in [5, 5.41) is 2.24. The topological polar surface area (TPSA) is 73.9 Å². The van der Waals surface area contributed by atoms with Gasteiger partial charge >= 0.3 is 12.1 Å². The van der Waals surface area contributed by atoms with Gasteiger partial charge in [-0.2, -0.15) is 13.2 Å². The Morgan fingerprint density at radius 3 is 2.45 bits per heavy atom. The summed E-state index contributed by atoms with van der Waals surface area (Å²) in [6.45, 7) is -0.658. The summed E-state index contributed by atoms with van der Waals surface area (Å²) >= 11 is 0. The van der Waals surface area contributed by atoms with Crippen molar-refractivity contribution in [3.8, 4) is 11.5 Å². The van der Waals surface area contributed by atoms with E-state index in [1.807, 2.05) is 0 Å². The van der Waals surface area contributed by atoms with Crippen LogP contribution in [0.1, 0.15) is 11.1 Å². The van der Waals surface area contributed by atoms with Gasteiger partial charge in [0.05, 0.1) is 19.8 Å². The molecular formula is C20H18F3NO5. The van der Waals surface area contributed by atoms with Gasteiger partial charge in [0.1, 0.15) is 0 Å². The van der Waals surface area contributed by atoms with E-state index in [4.69, 9.17) is 14.2 Å². The van der Waals surface area contributed by atoms with Gasteiger partial charge in [-0.3, -0.25) is 4.79 Å². The van der Waals surface area contributed by atoms with E-state index in [0.717, 1.165) is 24.3 Å². The van der Waals surface area contributed by atoms with Crippen molar-refractivity contribution in [2.45, 2.75) is 6.18 Å². The van der Waals surface area contributed by atoms with Crippen molar-refractivity contribution < 1.29 is 37.0 Å². The molecule has 0 radical (unpaired) electrons. The van der Waals surface area contributed by atoms with Gasteiger partial charge in [-0.05, 0) is 30.3 Å². The van der Waals surface area contributed by atoms with Crippen molar-refractivity contribution in [1.82, 2.24) is 0 Å². The largest absolute Gasteiger partial charge is 0.493 e. The average Bonchev–Trinajstić information content (AvgIpc) is 2.69. The van der Waals surface area contributed by atoms with Gasteiger partial charge in [0.25, 0.3) is 5.91 Å². The highest BCUT2D eigenvalue weighted by Gasteiger charge is 2.30. The Kier molecular flexibility index (Phi) is 7.24. The van der Waals surface area contributed by atoms with Crippen LogP contribution in [0.25, 0.3) is 6.08 Å². The molecule has 0 fully saturated rings. The molecule has 0 aromatic heterocycles. The van der Waals surface area contributed by atoms with E-state index in [9.17, 15) is 22.8 Å². The Morgan fingerprint density at radius 2 is 1.79 bits per heavy atom. The molecule has 2 aromatic carbocycles. The maximum Gasteiger partial charge on any atom is 0.416 e. The first-order chi connectivity index (χ1) is 13.7. The van der Waals surface area contributed by atoms with Gasteiger partial charge in [-0.15, -0.1) is 0 Å². The molecule has 2 aromatic rings. The first-order valence-electron chi connectivity index (χ1n) is 8.27. The molecule has 0 aliphatic rings. The quantitative estimate of drug-likeness (QED) is 0.554. The van der Waals surface area contributed by atoms with Crippen LogP contribution < -0.4 is 14.8 Å². The molecule has 0 aliphatic heterocycles. The maximum absolute atomic E-state index is 12.7. The number of nitrogens with one attached hydrogen (secondary N) is 1. The summed E-state index contributed by atoms with van der Waals surface area (Å²) in [4.78, 5) is 23.6. The number of esters is 1. The zero-order chi connectivity index (χ0) is 21.4. The highest BCUT2D eigenvalue weighted by atomic mass is 19.4. The number of carbonyl (C=O) groups excluding carboxylic acids is 2. The SMILES string of the molecule is COc1cccc(/C=C/C(=O)OCC(=O)Nc2cccc(C(F)(F)F)c2)c1OC. The third-order valence-electron chi connectivity index (χ3n) is 3.65. The molecule has 0 aliphatic carbocycles. The minimum atomic E-state index is -4.53. The van der Waals surface area contributed by atoms with Crippen LogP contribution in [0.15, 0.2) is 48.5 Å². The summed E-state index contributed by atoms with van der Waals surface area (Å²) in [5.41, 5.74) is -0.405. The first kappa shape index (κ1) is 21.8. The Labute approximate surface area is 164 Å². The lowest BCUT2D eigenvalue weighted by Crippen LogP contribution is -2.20. The maximum atomic E-state index is 12.7. The highest BCUT2D eigenvalue weighted by molar-refractivity contribution is 5.94. The number of amides is 1. The van der Waals surface area contributed by atoms with Crippen molar-refractivity contribution in [2.24, 2.45) is 0 Å². The van der Waals surface area contributed by atoms with E-state index < -0.39 is 30.2 Å². The molecule has 1 N–H and O–H groups in total. The predicted octanol–water partition coefficient (Wildman–Crippen LogP) is 3.92. The minimum absolute atomic E-state index is 0.0578. The smallest absolute Gasteiger partial charge is 0.416 e. The molecular weight excluding hydrogens is 391 g/mol. The van der Waals surface area contributed by atoms with E-state index in [-0.39, 0.29) is 5.69 Å². The minimum Gasteiger partial charge on any atom is -0.493 e. The number of anilines is 1. The number of hydrogen-bond donors (Lipinski definition) is 1. The van der Waals surface area contributed by atoms with Crippen molar-refractivity contribution in [3.05, 3.63) is 59.7 Å². The number of halogens is 3. The lowest BCUT2D eigenvalue weighted by molar-refractivity contribution is -0.142. The van der Waals surface area contributed by atoms with Crippen molar-refractivity contribution in [3.63, 3.8) is 0 Å². The molecule has 0 atom stereocenters. The lowest BCUT2D eigenvalue weighted by Gasteiger charge is -2.10. The van der Waals surface area contributed by atoms with Gasteiger partial charge in [0.2, 0.25) is 0 Å². The summed E-state index contributed by atoms with van der Waals surface area (Å²) in [5.74, 6) is -0.691. The number of hydrogen-bond acceptors (Lipinski definition) is 5. The number of para-hydroxylation sites is 1. The molecule has 0 unspecified atom stereocenters. The van der Waals surface area contributed by atoms with Crippen LogP contribution in [0.3, 0.4) is 0 Å². The van der Waals surface area contributed by atoms with Gasteiger partial charge in [-0.1, -0.05) is 18.2 Å². The summed E-state index contributed by atoms with van der Waals surface area (Å²) in [6.07, 6.45) is -2.01. The van der Waals surface area contributed by atoms with Crippen LogP contribution in [-0.4, -0.2) is 32.7 Å². The molecule has 29 heavy (non-hydrogen) atoms. The van der Waals surface area contributed by atoms with Crippen LogP contribution in [0, 0.1) is 0 Å². The van der Waals surface area contributed by atoms with E-state index >= 15 is 0 Å². The van der Waals surface area contributed by atoms with Crippen molar-refractivity contribution >= 4 is 23.6 Å². The van der Waals surface area contributed by atoms with E-state index in [1.54, 1.807) is 18.2 Å². The third-order valence-corrected chi connectivity index (χ3v) is 3.65. The van der Waals surface area contributed by atoms with E-state index in [0.29, 0.717) is 17.1 Å². The molecule has 0 spiro atoms. The van der Waals surface area contributed by atoms with Crippen LogP contribution in [0.2, 0.25) is 0 Å². The number of methoxy groups -OCH3 is 2. The Bertz CT molecular complexity index is 909. The Balaban J connectivity index is 1.93. The fourth-order valence-corrected chi connectivity index (χ4v) is 2.36. The second-order valence-electron chi connectivity index (χ2n) is 5.65. The molecule has 0 bridgehead atoms. The standard InChI is InChI=1S/C20H18F3NO5/c1-27-16-8-3-5-13(19(16)28-2)9-10-18(26)29-12-17(25)24-15-7-4-6-14(11-15)20(21,22)23/h3-11H,12H2,1-2H3,(H,24,25)/b10-9+. The molecule has 0 saturated carbocycles. The van der Waals surface area contributed by atoms with Gasteiger partial charge < -0.3 is 19.5 Å². The zero-order valence-electron chi connectivity index (χ0n) is 15.6. The highest BCUT2D eigenvalue weighted by Crippen LogP contribution is 2.32. The number of ether oxygens (including phenoxy) is 3. The second kappa shape index (κ2) is 9.63. The first-order valence-corrected chi connectivity index (χ1v) is 8.27. The van der Waals surface area contributed by atoms with E-state index in [2.05, 4.69) is 5.32 Å². The normalized spacial score (nSPS) is 11.2. The summed E-state index contributed by atoms with van der Waals surface area (Å²) in [6, 6.07) is 9.20. The zero-order valence-corrected chi connectivity index (χ0v) is 15.6. The molecule has 0 saturated heterocycles. The molecule has 6 nitrogen and oxygen atoms in total. The monoisotopic (exact) mass is 409 g/mol. The van der Waals surface area contributed by atoms with Crippen molar-refractivity contribution in [2.75, 3.05) is 26.1 Å². The number of alkyl halides is 3. The van der Waals surface area contributed by atoms with Gasteiger partial charge in [-0.25, -0.2) is 4.79 Å². The molecule has 154 valence electrons. The lowest BCUT2D eigenvalue weighted by atomic mass is 10.1. The van der Waals surface area contributed by atoms with Crippen LogP contribution in [-0.2, 0) is 20.5 Å². The summed E-state index contributed by atoms with van der Waals surface area (Å²) in [7, 11) is 2.92. The molecule has 9 heteroatoms. The van der Waals surface area contributed by atoms with E-state index in [1.165, 1.54) is 26.4 Å². The predicted molar refractivity (Wildman–Crippen MR) is 99.6 cm³/mol.